The first-order chi connectivity index (χ1) is 9.74. The number of likely N-dealkylation sites (tertiary alicyclic amines) is 1. The highest BCUT2D eigenvalue weighted by Gasteiger charge is 2.10. The Morgan fingerprint density at radius 2 is 1.80 bits per heavy atom. The summed E-state index contributed by atoms with van der Waals surface area (Å²) in [6, 6.07) is 6.43. The van der Waals surface area contributed by atoms with Gasteiger partial charge in [-0.25, -0.2) is 0 Å². The van der Waals surface area contributed by atoms with Crippen molar-refractivity contribution in [3.63, 3.8) is 0 Å². The highest BCUT2D eigenvalue weighted by molar-refractivity contribution is 5.11. The van der Waals surface area contributed by atoms with Crippen LogP contribution in [0.4, 0.5) is 0 Å². The minimum Gasteiger partial charge on any atom is -0.311 e. The molecule has 0 unspecified atom stereocenters. The molecule has 2 heterocycles. The van der Waals surface area contributed by atoms with E-state index in [1.807, 2.05) is 0 Å². The Morgan fingerprint density at radius 3 is 2.50 bits per heavy atom. The van der Waals surface area contributed by atoms with Crippen molar-refractivity contribution in [1.82, 2.24) is 15.2 Å². The molecule has 1 aromatic rings. The lowest BCUT2D eigenvalue weighted by Crippen LogP contribution is -2.25. The lowest BCUT2D eigenvalue weighted by atomic mass is 10.2. The van der Waals surface area contributed by atoms with Gasteiger partial charge in [0.15, 0.2) is 0 Å². The maximum absolute atomic E-state index is 4.79. The summed E-state index contributed by atoms with van der Waals surface area (Å²) in [4.78, 5) is 7.35. The Hall–Kier alpha value is -0.930. The number of nitrogens with zero attached hydrogens (tertiary/aromatic N) is 2. The van der Waals surface area contributed by atoms with Crippen molar-refractivity contribution in [3.05, 3.63) is 29.6 Å². The normalized spacial score (nSPS) is 17.4. The second-order valence-corrected chi connectivity index (χ2v) is 6.34. The fourth-order valence-corrected chi connectivity index (χ4v) is 2.73. The molecular weight excluding hydrogens is 246 g/mol. The smallest absolute Gasteiger partial charge is 0.0547 e. The zero-order valence-electron chi connectivity index (χ0n) is 13.1. The molecule has 0 aliphatic carbocycles. The van der Waals surface area contributed by atoms with Crippen molar-refractivity contribution in [2.24, 2.45) is 5.92 Å². The molecule has 0 atom stereocenters. The van der Waals surface area contributed by atoms with Crippen LogP contribution in [0.5, 0.6) is 0 Å². The molecule has 0 spiro atoms. The Bertz CT molecular complexity index is 382. The summed E-state index contributed by atoms with van der Waals surface area (Å²) in [5.41, 5.74) is 2.38. The third-order valence-electron chi connectivity index (χ3n) is 3.81. The number of hydrogen-bond acceptors (Lipinski definition) is 3. The number of nitrogens with one attached hydrogen (secondary N) is 1. The van der Waals surface area contributed by atoms with E-state index in [2.05, 4.69) is 42.3 Å². The van der Waals surface area contributed by atoms with Gasteiger partial charge in [0.25, 0.3) is 0 Å². The lowest BCUT2D eigenvalue weighted by molar-refractivity contribution is 0.273. The number of hydrogen-bond donors (Lipinski definition) is 1. The van der Waals surface area contributed by atoms with Crippen LogP contribution < -0.4 is 5.32 Å². The number of rotatable bonds is 6. The first-order valence-electron chi connectivity index (χ1n) is 8.12. The first-order valence-corrected chi connectivity index (χ1v) is 8.12. The molecule has 1 fully saturated rings. The van der Waals surface area contributed by atoms with Gasteiger partial charge < -0.3 is 5.32 Å². The van der Waals surface area contributed by atoms with E-state index in [9.17, 15) is 0 Å². The second kappa shape index (κ2) is 8.38. The van der Waals surface area contributed by atoms with E-state index in [1.54, 1.807) is 0 Å². The molecule has 20 heavy (non-hydrogen) atoms. The van der Waals surface area contributed by atoms with E-state index in [4.69, 9.17) is 4.98 Å². The predicted molar refractivity (Wildman–Crippen MR) is 84.5 cm³/mol. The van der Waals surface area contributed by atoms with Gasteiger partial charge in [-0.15, -0.1) is 0 Å². The van der Waals surface area contributed by atoms with Gasteiger partial charge in [-0.3, -0.25) is 9.88 Å². The molecule has 112 valence electrons. The molecule has 0 radical (unpaired) electrons. The van der Waals surface area contributed by atoms with Crippen LogP contribution in [0.1, 0.15) is 50.9 Å². The van der Waals surface area contributed by atoms with Crippen LogP contribution in [0.15, 0.2) is 18.2 Å². The summed E-state index contributed by atoms with van der Waals surface area (Å²) in [5, 5.41) is 3.47. The van der Waals surface area contributed by atoms with Gasteiger partial charge in [-0.1, -0.05) is 32.8 Å². The average Bonchev–Trinajstić information content (AvgIpc) is 2.67. The topological polar surface area (TPSA) is 28.2 Å². The monoisotopic (exact) mass is 275 g/mol. The van der Waals surface area contributed by atoms with Crippen LogP contribution in [0.3, 0.4) is 0 Å². The summed E-state index contributed by atoms with van der Waals surface area (Å²) >= 11 is 0. The Balaban J connectivity index is 1.84. The molecule has 1 N–H and O–H groups in total. The van der Waals surface area contributed by atoms with Crippen LogP contribution >= 0.6 is 0 Å². The van der Waals surface area contributed by atoms with Crippen molar-refractivity contribution in [1.29, 1.82) is 0 Å². The largest absolute Gasteiger partial charge is 0.311 e. The molecule has 0 aromatic carbocycles. The van der Waals surface area contributed by atoms with E-state index in [1.165, 1.54) is 44.5 Å². The van der Waals surface area contributed by atoms with Gasteiger partial charge in [-0.2, -0.15) is 0 Å². The van der Waals surface area contributed by atoms with Crippen molar-refractivity contribution in [2.75, 3.05) is 19.6 Å². The van der Waals surface area contributed by atoms with E-state index in [0.717, 1.165) is 25.3 Å². The van der Waals surface area contributed by atoms with Crippen molar-refractivity contribution < 1.29 is 0 Å². The molecule has 3 nitrogen and oxygen atoms in total. The summed E-state index contributed by atoms with van der Waals surface area (Å²) in [6.07, 6.45) is 5.47. The molecule has 0 amide bonds. The molecule has 0 saturated carbocycles. The zero-order valence-corrected chi connectivity index (χ0v) is 13.1. The van der Waals surface area contributed by atoms with Crippen LogP contribution in [-0.2, 0) is 13.1 Å². The molecule has 1 aliphatic rings. The van der Waals surface area contributed by atoms with E-state index in [-0.39, 0.29) is 0 Å². The van der Waals surface area contributed by atoms with Crippen LogP contribution in [-0.4, -0.2) is 29.5 Å². The fraction of sp³-hybridized carbons (Fsp3) is 0.706. The molecule has 1 saturated heterocycles. The molecule has 0 bridgehead atoms. The SMILES string of the molecule is CC(C)CNCc1cccc(CN2CCCCCC2)n1. The number of pyridine rings is 1. The van der Waals surface area contributed by atoms with Crippen molar-refractivity contribution in [2.45, 2.75) is 52.6 Å². The zero-order chi connectivity index (χ0) is 14.2. The molecule has 3 heteroatoms. The summed E-state index contributed by atoms with van der Waals surface area (Å²) in [5.74, 6) is 0.690. The number of aromatic nitrogens is 1. The van der Waals surface area contributed by atoms with Crippen LogP contribution in [0.25, 0.3) is 0 Å². The van der Waals surface area contributed by atoms with Gasteiger partial charge >= 0.3 is 0 Å². The minimum atomic E-state index is 0.690. The molecule has 1 aromatic heterocycles. The lowest BCUT2D eigenvalue weighted by Gasteiger charge is -2.19. The Kier molecular flexibility index (Phi) is 6.48. The van der Waals surface area contributed by atoms with Gasteiger partial charge in [-0.05, 0) is 50.5 Å². The second-order valence-electron chi connectivity index (χ2n) is 6.34. The highest BCUT2D eigenvalue weighted by Crippen LogP contribution is 2.12. The summed E-state index contributed by atoms with van der Waals surface area (Å²) in [7, 11) is 0. The molecule has 2 rings (SSSR count). The average molecular weight is 275 g/mol. The maximum atomic E-state index is 4.79. The fourth-order valence-electron chi connectivity index (χ4n) is 2.73. The van der Waals surface area contributed by atoms with E-state index < -0.39 is 0 Å². The van der Waals surface area contributed by atoms with Gasteiger partial charge in [0, 0.05) is 13.1 Å². The standard InChI is InChI=1S/C17H29N3/c1-15(2)12-18-13-16-8-7-9-17(19-16)14-20-10-5-3-4-6-11-20/h7-9,15,18H,3-6,10-14H2,1-2H3. The van der Waals surface area contributed by atoms with Crippen molar-refractivity contribution in [3.8, 4) is 0 Å². The van der Waals surface area contributed by atoms with Crippen LogP contribution in [0.2, 0.25) is 0 Å². The quantitative estimate of drug-likeness (QED) is 0.864. The third kappa shape index (κ3) is 5.59. The Labute approximate surface area is 123 Å². The van der Waals surface area contributed by atoms with E-state index in [0.29, 0.717) is 5.92 Å². The summed E-state index contributed by atoms with van der Waals surface area (Å²) < 4.78 is 0. The van der Waals surface area contributed by atoms with E-state index >= 15 is 0 Å². The first kappa shape index (κ1) is 15.5. The van der Waals surface area contributed by atoms with Gasteiger partial charge in [0.1, 0.15) is 0 Å². The minimum absolute atomic E-state index is 0.690. The molecular formula is C17H29N3. The van der Waals surface area contributed by atoms with Crippen molar-refractivity contribution >= 4 is 0 Å². The van der Waals surface area contributed by atoms with Gasteiger partial charge in [0.2, 0.25) is 0 Å². The predicted octanol–water partition coefficient (Wildman–Crippen LogP) is 3.20. The molecule has 1 aliphatic heterocycles. The highest BCUT2D eigenvalue weighted by atomic mass is 15.1. The third-order valence-corrected chi connectivity index (χ3v) is 3.81. The Morgan fingerprint density at radius 1 is 1.10 bits per heavy atom. The summed E-state index contributed by atoms with van der Waals surface area (Å²) in [6.45, 7) is 9.88. The maximum Gasteiger partial charge on any atom is 0.0547 e. The van der Waals surface area contributed by atoms with Crippen LogP contribution in [0, 0.1) is 5.92 Å². The van der Waals surface area contributed by atoms with Gasteiger partial charge in [0.05, 0.1) is 11.4 Å².